The third-order valence-electron chi connectivity index (χ3n) is 4.00. The highest BCUT2D eigenvalue weighted by atomic mass is 19.1. The number of benzene rings is 1. The molecule has 0 bridgehead atoms. The van der Waals surface area contributed by atoms with Gasteiger partial charge in [-0.3, -0.25) is 9.69 Å². The number of amides is 1. The number of aromatic nitrogens is 4. The van der Waals surface area contributed by atoms with Crippen LogP contribution in [0.4, 0.5) is 10.1 Å². The summed E-state index contributed by atoms with van der Waals surface area (Å²) < 4.78 is 25.4. The van der Waals surface area contributed by atoms with E-state index < -0.39 is 0 Å². The van der Waals surface area contributed by atoms with Gasteiger partial charge in [0, 0.05) is 25.9 Å². The SMILES string of the molecule is COCCn1nnnc1[C@H]1CN(CC(=O)Nc2ccc(F)cc2)CCO1. The third kappa shape index (κ3) is 4.81. The lowest BCUT2D eigenvalue weighted by Gasteiger charge is -2.31. The zero-order chi connectivity index (χ0) is 18.4. The summed E-state index contributed by atoms with van der Waals surface area (Å²) in [7, 11) is 1.61. The van der Waals surface area contributed by atoms with Crippen molar-refractivity contribution in [2.24, 2.45) is 0 Å². The van der Waals surface area contributed by atoms with Gasteiger partial charge in [-0.25, -0.2) is 9.07 Å². The van der Waals surface area contributed by atoms with Gasteiger partial charge in [0.15, 0.2) is 5.82 Å². The van der Waals surface area contributed by atoms with Gasteiger partial charge in [-0.2, -0.15) is 0 Å². The number of morpholine rings is 1. The summed E-state index contributed by atoms with van der Waals surface area (Å²) in [6.07, 6.45) is -0.311. The van der Waals surface area contributed by atoms with Gasteiger partial charge < -0.3 is 14.8 Å². The van der Waals surface area contributed by atoms with Crippen LogP contribution in [0.3, 0.4) is 0 Å². The number of anilines is 1. The first kappa shape index (κ1) is 18.4. The molecule has 0 spiro atoms. The largest absolute Gasteiger partial charge is 0.383 e. The third-order valence-corrected chi connectivity index (χ3v) is 4.00. The van der Waals surface area contributed by atoms with Crippen LogP contribution in [-0.4, -0.2) is 71.0 Å². The van der Waals surface area contributed by atoms with E-state index in [4.69, 9.17) is 9.47 Å². The number of nitrogens with zero attached hydrogens (tertiary/aromatic N) is 5. The molecule has 10 heteroatoms. The molecule has 2 aromatic rings. The van der Waals surface area contributed by atoms with Gasteiger partial charge in [0.1, 0.15) is 11.9 Å². The van der Waals surface area contributed by atoms with Crippen molar-refractivity contribution in [2.75, 3.05) is 45.3 Å². The molecule has 3 rings (SSSR count). The summed E-state index contributed by atoms with van der Waals surface area (Å²) in [6, 6.07) is 5.67. The second-order valence-electron chi connectivity index (χ2n) is 5.90. The number of halogens is 1. The van der Waals surface area contributed by atoms with Gasteiger partial charge in [0.25, 0.3) is 0 Å². The Balaban J connectivity index is 1.55. The zero-order valence-corrected chi connectivity index (χ0v) is 14.5. The molecule has 1 N–H and O–H groups in total. The highest BCUT2D eigenvalue weighted by Crippen LogP contribution is 2.19. The molecule has 1 fully saturated rings. The maximum atomic E-state index is 12.9. The molecule has 0 aliphatic carbocycles. The Kier molecular flexibility index (Phi) is 6.21. The Morgan fingerprint density at radius 2 is 2.23 bits per heavy atom. The first-order valence-corrected chi connectivity index (χ1v) is 8.30. The van der Waals surface area contributed by atoms with Crippen molar-refractivity contribution in [3.05, 3.63) is 35.9 Å². The predicted octanol–water partition coefficient (Wildman–Crippen LogP) is 0.471. The smallest absolute Gasteiger partial charge is 0.238 e. The van der Waals surface area contributed by atoms with Gasteiger partial charge in [0.05, 0.1) is 26.3 Å². The second-order valence-corrected chi connectivity index (χ2v) is 5.90. The maximum Gasteiger partial charge on any atom is 0.238 e. The van der Waals surface area contributed by atoms with Crippen LogP contribution in [0, 0.1) is 5.82 Å². The topological polar surface area (TPSA) is 94.4 Å². The molecule has 1 aliphatic rings. The summed E-state index contributed by atoms with van der Waals surface area (Å²) in [5, 5.41) is 14.4. The monoisotopic (exact) mass is 364 g/mol. The van der Waals surface area contributed by atoms with Crippen molar-refractivity contribution < 1.29 is 18.7 Å². The van der Waals surface area contributed by atoms with Crippen LogP contribution in [0.5, 0.6) is 0 Å². The van der Waals surface area contributed by atoms with E-state index in [-0.39, 0.29) is 24.4 Å². The highest BCUT2D eigenvalue weighted by molar-refractivity contribution is 5.92. The number of tetrazole rings is 1. The Morgan fingerprint density at radius 1 is 1.42 bits per heavy atom. The Labute approximate surface area is 150 Å². The zero-order valence-electron chi connectivity index (χ0n) is 14.5. The van der Waals surface area contributed by atoms with Crippen molar-refractivity contribution in [3.8, 4) is 0 Å². The van der Waals surface area contributed by atoms with Crippen molar-refractivity contribution >= 4 is 11.6 Å². The van der Waals surface area contributed by atoms with Crippen LogP contribution >= 0.6 is 0 Å². The molecule has 0 saturated carbocycles. The van der Waals surface area contributed by atoms with E-state index in [9.17, 15) is 9.18 Å². The quantitative estimate of drug-likeness (QED) is 0.763. The minimum Gasteiger partial charge on any atom is -0.383 e. The average Bonchev–Trinajstić information content (AvgIpc) is 3.10. The molecule has 0 radical (unpaired) electrons. The number of hydrogen-bond acceptors (Lipinski definition) is 7. The van der Waals surface area contributed by atoms with E-state index in [0.717, 1.165) is 0 Å². The molecule has 26 heavy (non-hydrogen) atoms. The van der Waals surface area contributed by atoms with E-state index in [1.165, 1.54) is 24.3 Å². The lowest BCUT2D eigenvalue weighted by atomic mass is 10.2. The number of methoxy groups -OCH3 is 1. The highest BCUT2D eigenvalue weighted by Gasteiger charge is 2.27. The molecular formula is C16H21FN6O3. The number of nitrogens with one attached hydrogen (secondary N) is 1. The van der Waals surface area contributed by atoms with Gasteiger partial charge in [-0.15, -0.1) is 5.10 Å². The standard InChI is InChI=1S/C16H21FN6O3/c1-25-8-7-23-16(19-20-21-23)14-10-22(6-9-26-14)11-15(24)18-13-4-2-12(17)3-5-13/h2-5,14H,6-11H2,1H3,(H,18,24)/t14-/m1/s1. The van der Waals surface area contributed by atoms with Crippen molar-refractivity contribution in [2.45, 2.75) is 12.6 Å². The number of hydrogen-bond donors (Lipinski definition) is 1. The number of ether oxygens (including phenoxy) is 2. The van der Waals surface area contributed by atoms with Crippen molar-refractivity contribution in [1.82, 2.24) is 25.1 Å². The number of carbonyl (C=O) groups is 1. The van der Waals surface area contributed by atoms with E-state index in [0.29, 0.717) is 44.4 Å². The summed E-state index contributed by atoms with van der Waals surface area (Å²) >= 11 is 0. The lowest BCUT2D eigenvalue weighted by Crippen LogP contribution is -2.43. The van der Waals surface area contributed by atoms with E-state index in [1.54, 1.807) is 11.8 Å². The number of carbonyl (C=O) groups excluding carboxylic acids is 1. The Bertz CT molecular complexity index is 723. The minimum absolute atomic E-state index is 0.170. The first-order chi connectivity index (χ1) is 12.7. The van der Waals surface area contributed by atoms with Crippen LogP contribution in [0.2, 0.25) is 0 Å². The average molecular weight is 364 g/mol. The van der Waals surface area contributed by atoms with E-state index >= 15 is 0 Å². The fourth-order valence-electron chi connectivity index (χ4n) is 2.72. The lowest BCUT2D eigenvalue weighted by molar-refractivity contribution is -0.119. The second kappa shape index (κ2) is 8.79. The molecule has 1 saturated heterocycles. The van der Waals surface area contributed by atoms with Crippen LogP contribution in [0.25, 0.3) is 0 Å². The van der Waals surface area contributed by atoms with Gasteiger partial charge in [-0.1, -0.05) is 0 Å². The summed E-state index contributed by atoms with van der Waals surface area (Å²) in [6.45, 7) is 2.85. The van der Waals surface area contributed by atoms with E-state index in [1.807, 2.05) is 4.90 Å². The van der Waals surface area contributed by atoms with Crippen LogP contribution in [-0.2, 0) is 20.8 Å². The predicted molar refractivity (Wildman–Crippen MR) is 89.9 cm³/mol. The van der Waals surface area contributed by atoms with Gasteiger partial charge in [0.2, 0.25) is 5.91 Å². The molecule has 1 aliphatic heterocycles. The first-order valence-electron chi connectivity index (χ1n) is 8.30. The van der Waals surface area contributed by atoms with Crippen LogP contribution in [0.15, 0.2) is 24.3 Å². The minimum atomic E-state index is -0.342. The summed E-state index contributed by atoms with van der Waals surface area (Å²) in [5.41, 5.74) is 0.560. The fraction of sp³-hybridized carbons (Fsp3) is 0.500. The molecule has 1 aromatic carbocycles. The molecule has 2 heterocycles. The van der Waals surface area contributed by atoms with Gasteiger partial charge >= 0.3 is 0 Å². The summed E-state index contributed by atoms with van der Waals surface area (Å²) in [4.78, 5) is 14.2. The van der Waals surface area contributed by atoms with Crippen molar-refractivity contribution in [3.63, 3.8) is 0 Å². The normalized spacial score (nSPS) is 18.0. The molecule has 9 nitrogen and oxygen atoms in total. The Hall–Kier alpha value is -2.43. The molecular weight excluding hydrogens is 343 g/mol. The maximum absolute atomic E-state index is 12.9. The van der Waals surface area contributed by atoms with Crippen LogP contribution in [0.1, 0.15) is 11.9 Å². The Morgan fingerprint density at radius 3 is 3.00 bits per heavy atom. The summed E-state index contributed by atoms with van der Waals surface area (Å²) in [5.74, 6) is 0.104. The van der Waals surface area contributed by atoms with Crippen LogP contribution < -0.4 is 5.32 Å². The van der Waals surface area contributed by atoms with Gasteiger partial charge in [-0.05, 0) is 34.7 Å². The van der Waals surface area contributed by atoms with E-state index in [2.05, 4.69) is 20.8 Å². The van der Waals surface area contributed by atoms with Crippen molar-refractivity contribution in [1.29, 1.82) is 0 Å². The molecule has 1 aromatic heterocycles. The molecule has 1 atom stereocenters. The molecule has 140 valence electrons. The molecule has 1 amide bonds. The molecule has 0 unspecified atom stereocenters. The number of rotatable bonds is 7. The fourth-order valence-corrected chi connectivity index (χ4v) is 2.72.